The standard InChI is InChI=1S/2C10H14.2C2H6/c2*1-8-6-9-4-2-3-5-10(9)7-8;2*1-2/h2,4,8H,3,5-7H2,1H3;2-5,8-10H,6-7H2,1H3;2*1-2H3. The van der Waals surface area contributed by atoms with Crippen molar-refractivity contribution in [2.45, 2.75) is 80.1 Å². The van der Waals surface area contributed by atoms with Crippen molar-refractivity contribution >= 4 is 0 Å². The Labute approximate surface area is 151 Å². The minimum Gasteiger partial charge on any atom is -0.0839 e. The van der Waals surface area contributed by atoms with Gasteiger partial charge in [-0.1, -0.05) is 83.6 Å². The number of rotatable bonds is 0. The number of fused-ring (bicyclic) bond motifs is 1. The summed E-state index contributed by atoms with van der Waals surface area (Å²) in [6.07, 6.45) is 21.9. The summed E-state index contributed by atoms with van der Waals surface area (Å²) >= 11 is 0. The maximum atomic E-state index is 2.37. The molecular formula is C24H40. The van der Waals surface area contributed by atoms with Gasteiger partial charge in [0.05, 0.1) is 0 Å². The predicted molar refractivity (Wildman–Crippen MR) is 110 cm³/mol. The summed E-state index contributed by atoms with van der Waals surface area (Å²) in [5.41, 5.74) is 3.40. The molecule has 0 nitrogen and oxygen atoms in total. The van der Waals surface area contributed by atoms with Crippen LogP contribution in [0.15, 0.2) is 47.6 Å². The smallest absolute Gasteiger partial charge is 0.0165 e. The van der Waals surface area contributed by atoms with E-state index < -0.39 is 0 Å². The van der Waals surface area contributed by atoms with Crippen LogP contribution in [0, 0.1) is 23.7 Å². The topological polar surface area (TPSA) is 0 Å². The first-order chi connectivity index (χ1) is 11.7. The summed E-state index contributed by atoms with van der Waals surface area (Å²) in [6, 6.07) is 0. The van der Waals surface area contributed by atoms with Crippen molar-refractivity contribution in [2.24, 2.45) is 23.7 Å². The Hall–Kier alpha value is -1.04. The minimum absolute atomic E-state index is 0.875. The Bertz CT molecular complexity index is 440. The van der Waals surface area contributed by atoms with Gasteiger partial charge in [-0.05, 0) is 67.8 Å². The van der Waals surface area contributed by atoms with Gasteiger partial charge in [0.15, 0.2) is 0 Å². The highest BCUT2D eigenvalue weighted by molar-refractivity contribution is 5.33. The van der Waals surface area contributed by atoms with Crippen LogP contribution in [-0.4, -0.2) is 0 Å². The largest absolute Gasteiger partial charge is 0.0839 e. The fourth-order valence-electron chi connectivity index (χ4n) is 4.31. The van der Waals surface area contributed by atoms with E-state index in [0.29, 0.717) is 0 Å². The van der Waals surface area contributed by atoms with Gasteiger partial charge in [0.2, 0.25) is 0 Å². The van der Waals surface area contributed by atoms with Crippen LogP contribution in [0.25, 0.3) is 0 Å². The molecule has 0 aliphatic heterocycles. The molecule has 0 saturated heterocycles. The lowest BCUT2D eigenvalue weighted by atomic mass is 9.92. The summed E-state index contributed by atoms with van der Waals surface area (Å²) in [5.74, 6) is 3.62. The van der Waals surface area contributed by atoms with Gasteiger partial charge in [-0.25, -0.2) is 0 Å². The van der Waals surface area contributed by atoms with Gasteiger partial charge >= 0.3 is 0 Å². The Morgan fingerprint density at radius 2 is 1.38 bits per heavy atom. The summed E-state index contributed by atoms with van der Waals surface area (Å²) < 4.78 is 0. The molecule has 0 radical (unpaired) electrons. The van der Waals surface area contributed by atoms with Crippen LogP contribution in [0.1, 0.15) is 80.1 Å². The lowest BCUT2D eigenvalue weighted by molar-refractivity contribution is 0.552. The van der Waals surface area contributed by atoms with Gasteiger partial charge in [-0.15, -0.1) is 0 Å². The van der Waals surface area contributed by atoms with Gasteiger partial charge < -0.3 is 0 Å². The van der Waals surface area contributed by atoms with E-state index in [-0.39, 0.29) is 0 Å². The average Bonchev–Trinajstić information content (AvgIpc) is 3.19. The normalized spacial score (nSPS) is 31.8. The fourth-order valence-corrected chi connectivity index (χ4v) is 4.31. The van der Waals surface area contributed by atoms with Crippen LogP contribution < -0.4 is 0 Å². The van der Waals surface area contributed by atoms with E-state index in [2.05, 4.69) is 50.3 Å². The van der Waals surface area contributed by atoms with Gasteiger partial charge in [0, 0.05) is 0 Å². The lowest BCUT2D eigenvalue weighted by Crippen LogP contribution is -2.03. The zero-order chi connectivity index (χ0) is 17.9. The van der Waals surface area contributed by atoms with Crippen LogP contribution in [0.2, 0.25) is 0 Å². The monoisotopic (exact) mass is 328 g/mol. The van der Waals surface area contributed by atoms with E-state index in [0.717, 1.165) is 23.7 Å². The molecular weight excluding hydrogens is 288 g/mol. The van der Waals surface area contributed by atoms with Gasteiger partial charge in [0.1, 0.15) is 0 Å². The molecule has 3 atom stereocenters. The maximum absolute atomic E-state index is 2.37. The van der Waals surface area contributed by atoms with Gasteiger partial charge in [-0.2, -0.15) is 0 Å². The molecule has 0 aromatic heterocycles. The van der Waals surface area contributed by atoms with E-state index in [1.165, 1.54) is 38.5 Å². The third-order valence-electron chi connectivity index (χ3n) is 5.28. The minimum atomic E-state index is 0.875. The summed E-state index contributed by atoms with van der Waals surface area (Å²) in [4.78, 5) is 0. The van der Waals surface area contributed by atoms with Crippen molar-refractivity contribution in [3.63, 3.8) is 0 Å². The molecule has 24 heavy (non-hydrogen) atoms. The summed E-state index contributed by atoms with van der Waals surface area (Å²) in [5, 5.41) is 0. The molecule has 0 bridgehead atoms. The molecule has 4 aliphatic rings. The second-order valence-corrected chi connectivity index (χ2v) is 7.26. The highest BCUT2D eigenvalue weighted by atomic mass is 14.3. The molecule has 0 amide bonds. The Morgan fingerprint density at radius 3 is 1.92 bits per heavy atom. The first-order valence-electron chi connectivity index (χ1n) is 10.4. The molecule has 0 heteroatoms. The Balaban J connectivity index is 0.000000199. The van der Waals surface area contributed by atoms with Crippen LogP contribution in [0.3, 0.4) is 0 Å². The molecule has 0 aromatic rings. The zero-order valence-electron chi connectivity index (χ0n) is 17.0. The molecule has 0 N–H and O–H groups in total. The third kappa shape index (κ3) is 6.11. The van der Waals surface area contributed by atoms with Crippen LogP contribution in [-0.2, 0) is 0 Å². The lowest BCUT2D eigenvalue weighted by Gasteiger charge is -2.13. The molecule has 0 aromatic carbocycles. The van der Waals surface area contributed by atoms with Gasteiger partial charge in [0.25, 0.3) is 0 Å². The van der Waals surface area contributed by atoms with Crippen molar-refractivity contribution in [3.8, 4) is 0 Å². The predicted octanol–water partition coefficient (Wildman–Crippen LogP) is 7.89. The second kappa shape index (κ2) is 11.5. The molecule has 4 rings (SSSR count). The molecule has 1 saturated carbocycles. The van der Waals surface area contributed by atoms with E-state index in [4.69, 9.17) is 0 Å². The molecule has 3 unspecified atom stereocenters. The van der Waals surface area contributed by atoms with E-state index in [1.807, 2.05) is 27.7 Å². The van der Waals surface area contributed by atoms with Crippen molar-refractivity contribution in [1.29, 1.82) is 0 Å². The zero-order valence-corrected chi connectivity index (χ0v) is 17.0. The molecule has 0 spiro atoms. The van der Waals surface area contributed by atoms with E-state index in [9.17, 15) is 0 Å². The molecule has 1 fully saturated rings. The van der Waals surface area contributed by atoms with Crippen molar-refractivity contribution in [3.05, 3.63) is 47.6 Å². The SMILES string of the molecule is CC.CC.CC1CC2=C(CCC=C2)C1.CC1CC2C=CC=CC2C1. The number of hydrogen-bond donors (Lipinski definition) is 0. The second-order valence-electron chi connectivity index (χ2n) is 7.26. The number of allylic oxidation sites excluding steroid dienone is 8. The van der Waals surface area contributed by atoms with E-state index >= 15 is 0 Å². The first kappa shape index (κ1) is 21.0. The number of hydrogen-bond acceptors (Lipinski definition) is 0. The Kier molecular flexibility index (Phi) is 10.1. The average molecular weight is 329 g/mol. The summed E-state index contributed by atoms with van der Waals surface area (Å²) in [6.45, 7) is 12.7. The first-order valence-corrected chi connectivity index (χ1v) is 10.4. The molecule has 0 heterocycles. The van der Waals surface area contributed by atoms with Crippen LogP contribution in [0.5, 0.6) is 0 Å². The van der Waals surface area contributed by atoms with Crippen molar-refractivity contribution in [2.75, 3.05) is 0 Å². The van der Waals surface area contributed by atoms with Gasteiger partial charge in [-0.3, -0.25) is 0 Å². The van der Waals surface area contributed by atoms with Crippen LogP contribution in [0.4, 0.5) is 0 Å². The highest BCUT2D eigenvalue weighted by Crippen LogP contribution is 2.39. The van der Waals surface area contributed by atoms with Crippen LogP contribution >= 0.6 is 0 Å². The van der Waals surface area contributed by atoms with Crippen molar-refractivity contribution in [1.82, 2.24) is 0 Å². The molecule has 136 valence electrons. The highest BCUT2D eigenvalue weighted by Gasteiger charge is 2.28. The fraction of sp³-hybridized carbons (Fsp3) is 0.667. The maximum Gasteiger partial charge on any atom is -0.0165 e. The third-order valence-corrected chi connectivity index (χ3v) is 5.28. The quantitative estimate of drug-likeness (QED) is 0.424. The van der Waals surface area contributed by atoms with Crippen molar-refractivity contribution < 1.29 is 0 Å². The van der Waals surface area contributed by atoms with E-state index in [1.54, 1.807) is 11.1 Å². The molecule has 4 aliphatic carbocycles. The summed E-state index contributed by atoms with van der Waals surface area (Å²) in [7, 11) is 0. The Morgan fingerprint density at radius 1 is 0.792 bits per heavy atom.